The lowest BCUT2D eigenvalue weighted by atomic mass is 10.1. The molecule has 3 rings (SSSR count). The van der Waals surface area contributed by atoms with E-state index in [1.165, 1.54) is 3.57 Å². The van der Waals surface area contributed by atoms with Crippen LogP contribution in [0.3, 0.4) is 0 Å². The molecule has 2 aromatic carbocycles. The molecular formula is C20H23BrIN3O2. The second-order valence-electron chi connectivity index (χ2n) is 6.48. The Morgan fingerprint density at radius 1 is 1.19 bits per heavy atom. The normalized spacial score (nSPS) is 14.8. The van der Waals surface area contributed by atoms with E-state index in [-0.39, 0.29) is 5.91 Å². The maximum absolute atomic E-state index is 12.8. The van der Waals surface area contributed by atoms with Gasteiger partial charge in [-0.2, -0.15) is 0 Å². The molecule has 1 saturated heterocycles. The average Bonchev–Trinajstić information content (AvgIpc) is 2.66. The summed E-state index contributed by atoms with van der Waals surface area (Å²) in [5, 5.41) is 6.44. The third-order valence-corrected chi connectivity index (χ3v) is 5.67. The lowest BCUT2D eigenvalue weighted by Crippen LogP contribution is -2.41. The van der Waals surface area contributed by atoms with E-state index in [2.05, 4.69) is 73.1 Å². The van der Waals surface area contributed by atoms with Crippen LogP contribution in [-0.4, -0.2) is 50.2 Å². The quantitative estimate of drug-likeness (QED) is 0.537. The highest BCUT2D eigenvalue weighted by Gasteiger charge is 2.14. The molecule has 1 fully saturated rings. The van der Waals surface area contributed by atoms with Gasteiger partial charge in [-0.25, -0.2) is 0 Å². The van der Waals surface area contributed by atoms with Crippen molar-refractivity contribution >= 4 is 55.8 Å². The number of amides is 1. The predicted octanol–water partition coefficient (Wildman–Crippen LogP) is 4.17. The Hall–Kier alpha value is -1.16. The highest BCUT2D eigenvalue weighted by atomic mass is 127. The molecule has 1 aliphatic heterocycles. The minimum atomic E-state index is -0.0739. The molecule has 27 heavy (non-hydrogen) atoms. The fourth-order valence-corrected chi connectivity index (χ4v) is 3.98. The van der Waals surface area contributed by atoms with Crippen LogP contribution in [0.1, 0.15) is 15.9 Å². The largest absolute Gasteiger partial charge is 0.379 e. The lowest BCUT2D eigenvalue weighted by Gasteiger charge is -2.26. The first-order valence-corrected chi connectivity index (χ1v) is 10.8. The van der Waals surface area contributed by atoms with Crippen molar-refractivity contribution in [2.75, 3.05) is 44.7 Å². The average molecular weight is 544 g/mol. The van der Waals surface area contributed by atoms with Crippen molar-refractivity contribution < 1.29 is 9.53 Å². The van der Waals surface area contributed by atoms with Crippen LogP contribution in [0.2, 0.25) is 0 Å². The van der Waals surface area contributed by atoms with Gasteiger partial charge < -0.3 is 15.4 Å². The topological polar surface area (TPSA) is 53.6 Å². The summed E-state index contributed by atoms with van der Waals surface area (Å²) in [5.41, 5.74) is 3.57. The van der Waals surface area contributed by atoms with Crippen molar-refractivity contribution in [3.63, 3.8) is 0 Å². The number of morpholine rings is 1. The number of hydrogen-bond donors (Lipinski definition) is 2. The van der Waals surface area contributed by atoms with Crippen LogP contribution in [-0.2, 0) is 4.74 Å². The third-order valence-electron chi connectivity index (χ3n) is 4.50. The van der Waals surface area contributed by atoms with Gasteiger partial charge in [-0.1, -0.05) is 15.9 Å². The standard InChI is InChI=1S/C20H23BrIN3O2/c1-14-12-16(22)3-5-18(14)24-19-4-2-15(21)13-17(19)20(26)23-6-7-25-8-10-27-11-9-25/h2-5,12-13,24H,6-11H2,1H3,(H,23,26). The molecule has 0 saturated carbocycles. The number of aryl methyl sites for hydroxylation is 1. The molecule has 2 aromatic rings. The van der Waals surface area contributed by atoms with Crippen LogP contribution in [0, 0.1) is 10.5 Å². The molecule has 1 aliphatic rings. The predicted molar refractivity (Wildman–Crippen MR) is 121 cm³/mol. The van der Waals surface area contributed by atoms with Gasteiger partial charge in [0, 0.05) is 39.9 Å². The Bertz CT molecular complexity index is 810. The Balaban J connectivity index is 1.68. The third kappa shape index (κ3) is 5.91. The zero-order valence-electron chi connectivity index (χ0n) is 15.2. The van der Waals surface area contributed by atoms with Crippen LogP contribution >= 0.6 is 38.5 Å². The fourth-order valence-electron chi connectivity index (χ4n) is 2.97. The van der Waals surface area contributed by atoms with Crippen molar-refractivity contribution in [2.24, 2.45) is 0 Å². The number of halogens is 2. The maximum atomic E-state index is 12.8. The van der Waals surface area contributed by atoms with Crippen molar-refractivity contribution in [1.82, 2.24) is 10.2 Å². The van der Waals surface area contributed by atoms with E-state index in [0.29, 0.717) is 12.1 Å². The van der Waals surface area contributed by atoms with Gasteiger partial charge in [0.25, 0.3) is 5.91 Å². The summed E-state index contributed by atoms with van der Waals surface area (Å²) in [6, 6.07) is 11.9. The van der Waals surface area contributed by atoms with E-state index in [1.54, 1.807) is 0 Å². The molecule has 0 atom stereocenters. The first-order valence-electron chi connectivity index (χ1n) is 8.94. The molecule has 0 aliphatic carbocycles. The first-order chi connectivity index (χ1) is 13.0. The number of nitrogens with one attached hydrogen (secondary N) is 2. The van der Waals surface area contributed by atoms with Gasteiger partial charge in [-0.3, -0.25) is 9.69 Å². The summed E-state index contributed by atoms with van der Waals surface area (Å²) in [7, 11) is 0. The van der Waals surface area contributed by atoms with E-state index >= 15 is 0 Å². The van der Waals surface area contributed by atoms with Crippen LogP contribution in [0.4, 0.5) is 11.4 Å². The van der Waals surface area contributed by atoms with Gasteiger partial charge in [0.1, 0.15) is 0 Å². The number of nitrogens with zero attached hydrogens (tertiary/aromatic N) is 1. The summed E-state index contributed by atoms with van der Waals surface area (Å²) < 4.78 is 7.42. The zero-order valence-corrected chi connectivity index (χ0v) is 19.0. The molecule has 0 aromatic heterocycles. The van der Waals surface area contributed by atoms with Crippen LogP contribution < -0.4 is 10.6 Å². The SMILES string of the molecule is Cc1cc(I)ccc1Nc1ccc(Br)cc1C(=O)NCCN1CCOCC1. The van der Waals surface area contributed by atoms with Crippen LogP contribution in [0.15, 0.2) is 40.9 Å². The summed E-state index contributed by atoms with van der Waals surface area (Å²) in [5.74, 6) is -0.0739. The molecule has 0 radical (unpaired) electrons. The van der Waals surface area contributed by atoms with Crippen molar-refractivity contribution in [3.8, 4) is 0 Å². The molecule has 7 heteroatoms. The van der Waals surface area contributed by atoms with E-state index in [9.17, 15) is 4.79 Å². The highest BCUT2D eigenvalue weighted by Crippen LogP contribution is 2.27. The van der Waals surface area contributed by atoms with Gasteiger partial charge in [-0.15, -0.1) is 0 Å². The summed E-state index contributed by atoms with van der Waals surface area (Å²) >= 11 is 5.77. The Morgan fingerprint density at radius 3 is 2.67 bits per heavy atom. The van der Waals surface area contributed by atoms with E-state index in [1.807, 2.05) is 24.3 Å². The number of ether oxygens (including phenoxy) is 1. The molecule has 0 spiro atoms. The van der Waals surface area contributed by atoms with Gasteiger partial charge >= 0.3 is 0 Å². The molecule has 0 bridgehead atoms. The highest BCUT2D eigenvalue weighted by molar-refractivity contribution is 14.1. The van der Waals surface area contributed by atoms with Gasteiger partial charge in [0.2, 0.25) is 0 Å². The monoisotopic (exact) mass is 543 g/mol. The van der Waals surface area contributed by atoms with Crippen molar-refractivity contribution in [1.29, 1.82) is 0 Å². The van der Waals surface area contributed by atoms with E-state index in [0.717, 1.165) is 54.3 Å². The number of anilines is 2. The summed E-state index contributed by atoms with van der Waals surface area (Å²) in [6.45, 7) is 6.89. The first kappa shape index (κ1) is 20.6. The maximum Gasteiger partial charge on any atom is 0.253 e. The Labute approximate surface area is 182 Å². The smallest absolute Gasteiger partial charge is 0.253 e. The number of hydrogen-bond acceptors (Lipinski definition) is 4. The van der Waals surface area contributed by atoms with Gasteiger partial charge in [-0.05, 0) is 71.5 Å². The summed E-state index contributed by atoms with van der Waals surface area (Å²) in [4.78, 5) is 15.1. The fraction of sp³-hybridized carbons (Fsp3) is 0.350. The molecule has 144 valence electrons. The van der Waals surface area contributed by atoms with E-state index < -0.39 is 0 Å². The van der Waals surface area contributed by atoms with Crippen molar-refractivity contribution in [2.45, 2.75) is 6.92 Å². The van der Waals surface area contributed by atoms with Gasteiger partial charge in [0.05, 0.1) is 24.5 Å². The van der Waals surface area contributed by atoms with Crippen LogP contribution in [0.25, 0.3) is 0 Å². The molecule has 1 amide bonds. The minimum Gasteiger partial charge on any atom is -0.379 e. The number of carbonyl (C=O) groups is 1. The van der Waals surface area contributed by atoms with Crippen LogP contribution in [0.5, 0.6) is 0 Å². The molecular weight excluding hydrogens is 521 g/mol. The number of rotatable bonds is 6. The van der Waals surface area contributed by atoms with Crippen molar-refractivity contribution in [3.05, 3.63) is 55.6 Å². The Morgan fingerprint density at radius 2 is 1.93 bits per heavy atom. The summed E-state index contributed by atoms with van der Waals surface area (Å²) in [6.07, 6.45) is 0. The molecule has 1 heterocycles. The molecule has 5 nitrogen and oxygen atoms in total. The lowest BCUT2D eigenvalue weighted by molar-refractivity contribution is 0.0383. The van der Waals surface area contributed by atoms with Gasteiger partial charge in [0.15, 0.2) is 0 Å². The molecule has 2 N–H and O–H groups in total. The molecule has 0 unspecified atom stereocenters. The second-order valence-corrected chi connectivity index (χ2v) is 8.65. The Kier molecular flexibility index (Phi) is 7.51. The number of benzene rings is 2. The zero-order chi connectivity index (χ0) is 19.2. The minimum absolute atomic E-state index is 0.0739. The number of carbonyl (C=O) groups excluding carboxylic acids is 1. The van der Waals surface area contributed by atoms with E-state index in [4.69, 9.17) is 4.74 Å². The second kappa shape index (κ2) is 9.86.